The van der Waals surface area contributed by atoms with E-state index in [0.29, 0.717) is 35.9 Å². The van der Waals surface area contributed by atoms with Crippen molar-refractivity contribution in [2.24, 2.45) is 5.73 Å². The first kappa shape index (κ1) is 25.7. The van der Waals surface area contributed by atoms with Crippen molar-refractivity contribution in [3.63, 3.8) is 0 Å². The number of amides is 1. The molecule has 0 spiro atoms. The van der Waals surface area contributed by atoms with E-state index >= 15 is 0 Å². The molecule has 182 valence electrons. The molecule has 0 aliphatic heterocycles. The number of para-hydroxylation sites is 2. The van der Waals surface area contributed by atoms with E-state index in [1.54, 1.807) is 6.07 Å². The monoisotopic (exact) mass is 484 g/mol. The zero-order valence-corrected chi connectivity index (χ0v) is 20.1. The fraction of sp³-hybridized carbons (Fsp3) is 0.346. The highest BCUT2D eigenvalue weighted by Gasteiger charge is 2.23. The number of primary amides is 1. The van der Waals surface area contributed by atoms with E-state index in [1.165, 1.54) is 11.3 Å². The van der Waals surface area contributed by atoms with Crippen LogP contribution in [0.25, 0.3) is 0 Å². The zero-order valence-electron chi connectivity index (χ0n) is 19.2. The molecule has 8 heteroatoms. The number of carbonyl (C=O) groups excluding carboxylic acids is 1. The molecule has 3 rings (SSSR count). The van der Waals surface area contributed by atoms with Gasteiger partial charge in [0, 0.05) is 24.0 Å². The van der Waals surface area contributed by atoms with Crippen LogP contribution in [0.2, 0.25) is 0 Å². The van der Waals surface area contributed by atoms with Crippen molar-refractivity contribution < 1.29 is 24.5 Å². The molecule has 3 aromatic rings. The molecule has 1 amide bonds. The molecule has 0 unspecified atom stereocenters. The number of rotatable bonds is 14. The third-order valence-corrected chi connectivity index (χ3v) is 6.41. The second-order valence-electron chi connectivity index (χ2n) is 8.19. The first-order chi connectivity index (χ1) is 16.4. The molecule has 34 heavy (non-hydrogen) atoms. The van der Waals surface area contributed by atoms with Crippen LogP contribution in [-0.4, -0.2) is 65.6 Å². The van der Waals surface area contributed by atoms with Gasteiger partial charge >= 0.3 is 0 Å². The molecule has 3 atom stereocenters. The lowest BCUT2D eigenvalue weighted by Crippen LogP contribution is -2.46. The Morgan fingerprint density at radius 1 is 0.882 bits per heavy atom. The molecule has 0 saturated carbocycles. The van der Waals surface area contributed by atoms with Gasteiger partial charge in [0.1, 0.15) is 36.9 Å². The summed E-state index contributed by atoms with van der Waals surface area (Å²) in [6, 6.07) is 22.3. The Bertz CT molecular complexity index is 947. The van der Waals surface area contributed by atoms with Crippen LogP contribution >= 0.6 is 11.3 Å². The molecule has 0 fully saturated rings. The number of thiophene rings is 1. The van der Waals surface area contributed by atoms with Gasteiger partial charge in [0.25, 0.3) is 5.91 Å². The number of nitrogens with zero attached hydrogens (tertiary/aromatic N) is 1. The fourth-order valence-electron chi connectivity index (χ4n) is 3.54. The van der Waals surface area contributed by atoms with Crippen molar-refractivity contribution in [1.29, 1.82) is 0 Å². The van der Waals surface area contributed by atoms with Crippen LogP contribution in [0.3, 0.4) is 0 Å². The maximum Gasteiger partial charge on any atom is 0.258 e. The van der Waals surface area contributed by atoms with Gasteiger partial charge in [0.05, 0.1) is 4.88 Å². The summed E-state index contributed by atoms with van der Waals surface area (Å²) >= 11 is 1.36. The van der Waals surface area contributed by atoms with Crippen LogP contribution < -0.4 is 15.2 Å². The predicted octanol–water partition coefficient (Wildman–Crippen LogP) is 2.96. The van der Waals surface area contributed by atoms with Crippen molar-refractivity contribution in [2.75, 3.05) is 26.3 Å². The molecule has 1 aromatic heterocycles. The number of ether oxygens (including phenoxy) is 2. The molecular formula is C26H32N2O5S. The van der Waals surface area contributed by atoms with Crippen molar-refractivity contribution in [3.8, 4) is 11.5 Å². The Morgan fingerprint density at radius 3 is 1.82 bits per heavy atom. The van der Waals surface area contributed by atoms with Gasteiger partial charge in [-0.25, -0.2) is 0 Å². The highest BCUT2D eigenvalue weighted by atomic mass is 32.1. The molecule has 0 aliphatic rings. The lowest BCUT2D eigenvalue weighted by atomic mass is 10.1. The summed E-state index contributed by atoms with van der Waals surface area (Å²) in [6.07, 6.45) is -0.861. The Morgan fingerprint density at radius 2 is 1.38 bits per heavy atom. The first-order valence-corrected chi connectivity index (χ1v) is 12.1. The Kier molecular flexibility index (Phi) is 9.90. The molecule has 0 aliphatic carbocycles. The van der Waals surface area contributed by atoms with Crippen LogP contribution in [0.5, 0.6) is 11.5 Å². The topological polar surface area (TPSA) is 105 Å². The number of benzene rings is 2. The molecule has 7 nitrogen and oxygen atoms in total. The van der Waals surface area contributed by atoms with Crippen LogP contribution in [-0.2, 0) is 6.42 Å². The summed E-state index contributed by atoms with van der Waals surface area (Å²) < 4.78 is 11.4. The van der Waals surface area contributed by atoms with E-state index in [0.717, 1.165) is 4.88 Å². The van der Waals surface area contributed by atoms with Crippen LogP contribution in [0.4, 0.5) is 0 Å². The number of nitrogens with two attached hydrogens (primary N) is 1. The quantitative estimate of drug-likeness (QED) is 0.325. The van der Waals surface area contributed by atoms with Crippen molar-refractivity contribution in [2.45, 2.75) is 31.6 Å². The molecule has 0 radical (unpaired) electrons. The van der Waals surface area contributed by atoms with E-state index in [-0.39, 0.29) is 19.3 Å². The lowest BCUT2D eigenvalue weighted by molar-refractivity contribution is 0.0168. The van der Waals surface area contributed by atoms with Gasteiger partial charge in [0.2, 0.25) is 0 Å². The number of aliphatic hydroxyl groups excluding tert-OH is 2. The van der Waals surface area contributed by atoms with E-state index in [4.69, 9.17) is 15.2 Å². The number of hydrogen-bond acceptors (Lipinski definition) is 7. The minimum atomic E-state index is -0.755. The average Bonchev–Trinajstić information content (AvgIpc) is 3.31. The standard InChI is InChI=1S/C26H32N2O5S/c1-19(14-24-12-13-25(34-24)26(27)31)28(15-20(29)17-32-22-8-4-2-5-9-22)16-21(30)18-33-23-10-6-3-7-11-23/h2-13,19-21,29-30H,14-18H2,1H3,(H2,27,31)/t19-,20+,21+/m1/s1. The Labute approximate surface area is 204 Å². The Hall–Kier alpha value is -2.91. The largest absolute Gasteiger partial charge is 0.491 e. The smallest absolute Gasteiger partial charge is 0.258 e. The second kappa shape index (κ2) is 13.1. The SMILES string of the molecule is C[C@H](Cc1ccc(C(N)=O)s1)N(C[C@H](O)COc1ccccc1)C[C@H](O)COc1ccccc1. The first-order valence-electron chi connectivity index (χ1n) is 11.2. The van der Waals surface area contributed by atoms with Crippen molar-refractivity contribution in [3.05, 3.63) is 82.6 Å². The van der Waals surface area contributed by atoms with Gasteiger partial charge in [-0.1, -0.05) is 36.4 Å². The normalized spacial score (nSPS) is 13.9. The molecule has 0 bridgehead atoms. The fourth-order valence-corrected chi connectivity index (χ4v) is 4.52. The molecule has 0 saturated heterocycles. The zero-order chi connectivity index (χ0) is 24.3. The highest BCUT2D eigenvalue weighted by molar-refractivity contribution is 7.14. The maximum absolute atomic E-state index is 11.4. The van der Waals surface area contributed by atoms with E-state index in [9.17, 15) is 15.0 Å². The van der Waals surface area contributed by atoms with Crippen LogP contribution in [0.1, 0.15) is 21.5 Å². The lowest BCUT2D eigenvalue weighted by Gasteiger charge is -2.32. The molecular weight excluding hydrogens is 452 g/mol. The molecule has 2 aromatic carbocycles. The summed E-state index contributed by atoms with van der Waals surface area (Å²) in [6.45, 7) is 2.91. The number of carbonyl (C=O) groups is 1. The van der Waals surface area contributed by atoms with Gasteiger partial charge in [-0.15, -0.1) is 11.3 Å². The van der Waals surface area contributed by atoms with Gasteiger partial charge in [-0.05, 0) is 49.7 Å². The van der Waals surface area contributed by atoms with E-state index in [2.05, 4.69) is 0 Å². The minimum absolute atomic E-state index is 0.0165. The maximum atomic E-state index is 11.4. The van der Waals surface area contributed by atoms with Crippen LogP contribution in [0, 0.1) is 0 Å². The second-order valence-corrected chi connectivity index (χ2v) is 9.36. The predicted molar refractivity (Wildman–Crippen MR) is 133 cm³/mol. The average molecular weight is 485 g/mol. The van der Waals surface area contributed by atoms with E-state index < -0.39 is 18.1 Å². The summed E-state index contributed by atoms with van der Waals surface area (Å²) in [4.78, 5) is 15.0. The number of hydrogen-bond donors (Lipinski definition) is 3. The van der Waals surface area contributed by atoms with Gasteiger partial charge in [-0.2, -0.15) is 0 Å². The number of aliphatic hydroxyl groups is 2. The molecule has 1 heterocycles. The third kappa shape index (κ3) is 8.46. The third-order valence-electron chi connectivity index (χ3n) is 5.29. The van der Waals surface area contributed by atoms with Crippen LogP contribution in [0.15, 0.2) is 72.8 Å². The van der Waals surface area contributed by atoms with Gasteiger partial charge in [-0.3, -0.25) is 9.69 Å². The van der Waals surface area contributed by atoms with Gasteiger partial charge < -0.3 is 25.4 Å². The van der Waals surface area contributed by atoms with Crippen molar-refractivity contribution >= 4 is 17.2 Å². The minimum Gasteiger partial charge on any atom is -0.491 e. The van der Waals surface area contributed by atoms with Crippen molar-refractivity contribution in [1.82, 2.24) is 4.90 Å². The summed E-state index contributed by atoms with van der Waals surface area (Å²) in [5, 5.41) is 21.3. The van der Waals surface area contributed by atoms with E-state index in [1.807, 2.05) is 78.6 Å². The Balaban J connectivity index is 1.60. The summed E-state index contributed by atoms with van der Waals surface area (Å²) in [5.74, 6) is 0.938. The highest BCUT2D eigenvalue weighted by Crippen LogP contribution is 2.20. The summed E-state index contributed by atoms with van der Waals surface area (Å²) in [7, 11) is 0. The van der Waals surface area contributed by atoms with Gasteiger partial charge in [0.15, 0.2) is 0 Å². The molecule has 4 N–H and O–H groups in total. The summed E-state index contributed by atoms with van der Waals surface area (Å²) in [5.41, 5.74) is 5.38.